The van der Waals surface area contributed by atoms with Crippen molar-refractivity contribution in [2.75, 3.05) is 7.05 Å². The van der Waals surface area contributed by atoms with Gasteiger partial charge >= 0.3 is 0 Å². The van der Waals surface area contributed by atoms with Crippen molar-refractivity contribution >= 4 is 30.4 Å². The van der Waals surface area contributed by atoms with E-state index in [1.807, 2.05) is 0 Å². The van der Waals surface area contributed by atoms with E-state index in [2.05, 4.69) is 49.4 Å². The summed E-state index contributed by atoms with van der Waals surface area (Å²) in [4.78, 5) is 7.67. The van der Waals surface area contributed by atoms with Crippen LogP contribution in [0.1, 0.15) is 27.2 Å². The molecule has 0 aromatic heterocycles. The van der Waals surface area contributed by atoms with Crippen molar-refractivity contribution in [2.24, 2.45) is 15.4 Å². The molecule has 0 spiro atoms. The molecule has 0 unspecified atom stereocenters. The average molecular weight is 269 g/mol. The van der Waals surface area contributed by atoms with E-state index in [0.717, 1.165) is 18.3 Å². The molecule has 0 radical (unpaired) electrons. The van der Waals surface area contributed by atoms with Gasteiger partial charge in [-0.3, -0.25) is 9.98 Å². The number of aliphatic imine (C=N–C) groups is 2. The average Bonchev–Trinajstić information content (AvgIpc) is 2.25. The van der Waals surface area contributed by atoms with E-state index in [1.165, 1.54) is 0 Å². The van der Waals surface area contributed by atoms with Gasteiger partial charge in [-0.15, -0.1) is 0 Å². The van der Waals surface area contributed by atoms with Crippen molar-refractivity contribution in [3.63, 3.8) is 0 Å². The maximum atomic E-state index is 7.35. The predicted molar refractivity (Wildman–Crippen MR) is 80.9 cm³/mol. The van der Waals surface area contributed by atoms with Gasteiger partial charge in [0.1, 0.15) is 11.0 Å². The van der Waals surface area contributed by atoms with Crippen molar-refractivity contribution in [2.45, 2.75) is 27.2 Å². The van der Waals surface area contributed by atoms with Gasteiger partial charge in [0, 0.05) is 19.0 Å². The second kappa shape index (κ2) is 7.11. The first-order valence-electron chi connectivity index (χ1n) is 5.54. The Morgan fingerprint density at radius 1 is 1.44 bits per heavy atom. The quantitative estimate of drug-likeness (QED) is 0.448. The Balaban J connectivity index is 5.00. The molecular weight excluding hydrogens is 248 g/mol. The maximum absolute atomic E-state index is 7.35. The fourth-order valence-electron chi connectivity index (χ4n) is 1.41. The summed E-state index contributed by atoms with van der Waals surface area (Å²) < 4.78 is 0. The van der Waals surface area contributed by atoms with E-state index in [0.29, 0.717) is 11.4 Å². The lowest BCUT2D eigenvalue weighted by molar-refractivity contribution is 0.405. The molecular formula is C13H21ClN4. The molecule has 0 aromatic rings. The number of nitrogens with one attached hydrogen (secondary N) is 2. The van der Waals surface area contributed by atoms with E-state index < -0.39 is 0 Å². The molecule has 0 fully saturated rings. The molecule has 100 valence electrons. The summed E-state index contributed by atoms with van der Waals surface area (Å²) in [6.45, 7) is 13.6. The molecule has 4 nitrogen and oxygen atoms in total. The zero-order chi connectivity index (χ0) is 14.3. The van der Waals surface area contributed by atoms with Crippen molar-refractivity contribution in [1.29, 1.82) is 5.41 Å². The summed E-state index contributed by atoms with van der Waals surface area (Å²) in [5.41, 5.74) is 1.33. The van der Waals surface area contributed by atoms with Crippen molar-refractivity contribution in [3.8, 4) is 0 Å². The van der Waals surface area contributed by atoms with Crippen LogP contribution in [0.5, 0.6) is 0 Å². The monoisotopic (exact) mass is 268 g/mol. The zero-order valence-corrected chi connectivity index (χ0v) is 12.2. The van der Waals surface area contributed by atoms with Gasteiger partial charge in [-0.25, -0.2) is 0 Å². The Morgan fingerprint density at radius 3 is 2.33 bits per heavy atom. The molecule has 0 amide bonds. The predicted octanol–water partition coefficient (Wildman–Crippen LogP) is 3.35. The first kappa shape index (κ1) is 16.6. The second-order valence-electron chi connectivity index (χ2n) is 5.05. The molecule has 0 aliphatic rings. The third-order valence-corrected chi connectivity index (χ3v) is 2.35. The molecule has 0 bridgehead atoms. The van der Waals surface area contributed by atoms with Crippen LogP contribution in [0.25, 0.3) is 0 Å². The highest BCUT2D eigenvalue weighted by Gasteiger charge is 2.15. The van der Waals surface area contributed by atoms with Crippen LogP contribution in [-0.2, 0) is 0 Å². The van der Waals surface area contributed by atoms with Crippen LogP contribution in [0, 0.1) is 10.8 Å². The minimum absolute atomic E-state index is 0.123. The fraction of sp³-hybridized carbons (Fsp3) is 0.462. The molecule has 0 aliphatic carbocycles. The van der Waals surface area contributed by atoms with E-state index in [-0.39, 0.29) is 10.6 Å². The zero-order valence-electron chi connectivity index (χ0n) is 11.5. The topological polar surface area (TPSA) is 60.6 Å². The Hall–Kier alpha value is -1.42. The van der Waals surface area contributed by atoms with E-state index in [1.54, 1.807) is 7.05 Å². The number of halogens is 1. The number of rotatable bonds is 5. The Labute approximate surface area is 114 Å². The van der Waals surface area contributed by atoms with Crippen LogP contribution in [-0.4, -0.2) is 25.8 Å². The van der Waals surface area contributed by atoms with Crippen LogP contribution in [0.15, 0.2) is 33.0 Å². The first-order chi connectivity index (χ1) is 8.25. The summed E-state index contributed by atoms with van der Waals surface area (Å²) in [5.74, 6) is 0.469. The van der Waals surface area contributed by atoms with Gasteiger partial charge in [-0.05, 0) is 18.6 Å². The Bertz CT molecular complexity index is 400. The normalized spacial score (nSPS) is 13.7. The molecule has 2 N–H and O–H groups in total. The van der Waals surface area contributed by atoms with Crippen LogP contribution >= 0.6 is 11.6 Å². The smallest absolute Gasteiger partial charge is 0.140 e. The molecule has 5 heteroatoms. The van der Waals surface area contributed by atoms with Gasteiger partial charge in [0.2, 0.25) is 0 Å². The second-order valence-corrected chi connectivity index (χ2v) is 5.40. The van der Waals surface area contributed by atoms with Gasteiger partial charge in [0.15, 0.2) is 0 Å². The molecule has 0 rings (SSSR count). The van der Waals surface area contributed by atoms with E-state index >= 15 is 0 Å². The number of hydrogen-bond acceptors (Lipinski definition) is 3. The number of amidine groups is 1. The molecule has 0 heterocycles. The lowest BCUT2D eigenvalue weighted by Crippen LogP contribution is -2.27. The highest BCUT2D eigenvalue weighted by Crippen LogP contribution is 2.22. The van der Waals surface area contributed by atoms with Gasteiger partial charge in [0.25, 0.3) is 0 Å². The van der Waals surface area contributed by atoms with Gasteiger partial charge in [-0.2, -0.15) is 0 Å². The van der Waals surface area contributed by atoms with Crippen LogP contribution in [0.2, 0.25) is 0 Å². The molecule has 0 saturated carbocycles. The molecule has 0 saturated heterocycles. The van der Waals surface area contributed by atoms with Crippen molar-refractivity contribution in [3.05, 3.63) is 23.0 Å². The molecule has 0 aliphatic heterocycles. The van der Waals surface area contributed by atoms with Gasteiger partial charge in [-0.1, -0.05) is 39.0 Å². The van der Waals surface area contributed by atoms with Crippen molar-refractivity contribution in [1.82, 2.24) is 5.32 Å². The van der Waals surface area contributed by atoms with Crippen molar-refractivity contribution < 1.29 is 0 Å². The fourth-order valence-corrected chi connectivity index (χ4v) is 1.55. The minimum Gasteiger partial charge on any atom is -0.344 e. The van der Waals surface area contributed by atoms with Crippen LogP contribution < -0.4 is 5.32 Å². The standard InChI is InChI=1S/C13H21ClN4/c1-9(7-13(2,3)4)18-12(17-6)10(8-15)11(14)16-5/h8,15H,1,5,7H2,2-4,6H3,(H,17,18)/b11-10-,15-8?. The summed E-state index contributed by atoms with van der Waals surface area (Å²) in [7, 11) is 1.61. The number of nitrogens with zero attached hydrogens (tertiary/aromatic N) is 2. The van der Waals surface area contributed by atoms with E-state index in [4.69, 9.17) is 17.0 Å². The first-order valence-corrected chi connectivity index (χ1v) is 5.92. The summed E-state index contributed by atoms with van der Waals surface area (Å²) >= 11 is 5.87. The number of hydrogen-bond donors (Lipinski definition) is 2. The lowest BCUT2D eigenvalue weighted by Gasteiger charge is -2.21. The maximum Gasteiger partial charge on any atom is 0.140 e. The number of allylic oxidation sites excluding steroid dienone is 1. The third kappa shape index (κ3) is 5.77. The van der Waals surface area contributed by atoms with Crippen LogP contribution in [0.3, 0.4) is 0 Å². The third-order valence-electron chi connectivity index (χ3n) is 2.02. The highest BCUT2D eigenvalue weighted by atomic mass is 35.5. The SMILES string of the molecule is C=N/C(Cl)=C(/C=N)C(=NC)NC(=C)CC(C)(C)C. The van der Waals surface area contributed by atoms with E-state index in [9.17, 15) is 0 Å². The largest absolute Gasteiger partial charge is 0.344 e. The Morgan fingerprint density at radius 2 is 2.00 bits per heavy atom. The highest BCUT2D eigenvalue weighted by molar-refractivity contribution is 6.35. The summed E-state index contributed by atoms with van der Waals surface area (Å²) in [6, 6.07) is 0. The molecule has 0 atom stereocenters. The molecule has 0 aromatic carbocycles. The van der Waals surface area contributed by atoms with Crippen LogP contribution in [0.4, 0.5) is 0 Å². The summed E-state index contributed by atoms with van der Waals surface area (Å²) in [5, 5.41) is 10.6. The molecule has 18 heavy (non-hydrogen) atoms. The summed E-state index contributed by atoms with van der Waals surface area (Å²) in [6.07, 6.45) is 1.88. The van der Waals surface area contributed by atoms with Gasteiger partial charge < -0.3 is 10.7 Å². The minimum atomic E-state index is 0.123. The Kier molecular flexibility index (Phi) is 6.55. The lowest BCUT2D eigenvalue weighted by atomic mass is 9.91. The van der Waals surface area contributed by atoms with Gasteiger partial charge in [0.05, 0.1) is 5.57 Å².